The molecule has 0 aliphatic carbocycles. The summed E-state index contributed by atoms with van der Waals surface area (Å²) in [4.78, 5) is 0. The number of hydrogen-bond donors (Lipinski definition) is 1. The van der Waals surface area contributed by atoms with Crippen LogP contribution >= 0.6 is 11.6 Å². The monoisotopic (exact) mass is 265 g/mol. The topological polar surface area (TPSA) is 12.0 Å². The quantitative estimate of drug-likeness (QED) is 0.802. The fourth-order valence-corrected chi connectivity index (χ4v) is 1.66. The first-order valence-electron chi connectivity index (χ1n) is 5.35. The van der Waals surface area contributed by atoms with Crippen LogP contribution in [-0.4, -0.2) is 18.1 Å². The van der Waals surface area contributed by atoms with Crippen LogP contribution in [0.15, 0.2) is 24.3 Å². The lowest BCUT2D eigenvalue weighted by Gasteiger charge is -2.20. The maximum absolute atomic E-state index is 12.6. The van der Waals surface area contributed by atoms with Crippen LogP contribution in [0.5, 0.6) is 0 Å². The molecule has 0 fully saturated rings. The highest BCUT2D eigenvalue weighted by Crippen LogP contribution is 2.23. The maximum Gasteiger partial charge on any atom is 0.403 e. The summed E-state index contributed by atoms with van der Waals surface area (Å²) in [5, 5.41) is 2.49. The number of halogens is 4. The second kappa shape index (κ2) is 6.26. The van der Waals surface area contributed by atoms with Gasteiger partial charge >= 0.3 is 6.18 Å². The molecule has 0 aromatic heterocycles. The first-order chi connectivity index (χ1) is 7.93. The summed E-state index contributed by atoms with van der Waals surface area (Å²) in [5.74, 6) is -0.00885. The fourth-order valence-electron chi connectivity index (χ4n) is 1.44. The smallest absolute Gasteiger partial charge is 0.302 e. The van der Waals surface area contributed by atoms with Crippen molar-refractivity contribution in [1.29, 1.82) is 0 Å². The van der Waals surface area contributed by atoms with E-state index in [0.29, 0.717) is 0 Å². The number of nitrogens with one attached hydrogen (secondary N) is 1. The zero-order valence-corrected chi connectivity index (χ0v) is 10.3. The van der Waals surface area contributed by atoms with Crippen LogP contribution in [-0.2, 0) is 6.54 Å². The molecular weight excluding hydrogens is 251 g/mol. The highest BCUT2D eigenvalue weighted by Gasteiger charge is 2.38. The summed E-state index contributed by atoms with van der Waals surface area (Å²) >= 11 is 5.36. The van der Waals surface area contributed by atoms with Gasteiger partial charge in [0.15, 0.2) is 0 Å². The van der Waals surface area contributed by atoms with Gasteiger partial charge in [0.1, 0.15) is 6.04 Å². The highest BCUT2D eigenvalue weighted by atomic mass is 35.5. The van der Waals surface area contributed by atoms with Gasteiger partial charge < -0.3 is 5.32 Å². The Labute approximate surface area is 104 Å². The molecule has 96 valence electrons. The number of alkyl halides is 4. The van der Waals surface area contributed by atoms with Gasteiger partial charge in [0.05, 0.1) is 0 Å². The van der Waals surface area contributed by atoms with Crippen molar-refractivity contribution in [2.45, 2.75) is 32.1 Å². The van der Waals surface area contributed by atoms with E-state index in [2.05, 4.69) is 5.32 Å². The molecule has 1 unspecified atom stereocenters. The molecule has 0 radical (unpaired) electrons. The highest BCUT2D eigenvalue weighted by molar-refractivity contribution is 6.17. The van der Waals surface area contributed by atoms with Gasteiger partial charge in [-0.05, 0) is 18.9 Å². The summed E-state index contributed by atoms with van der Waals surface area (Å²) in [6.45, 7) is 2.13. The van der Waals surface area contributed by atoms with Crippen molar-refractivity contribution < 1.29 is 13.2 Å². The molecule has 0 spiro atoms. The summed E-state index contributed by atoms with van der Waals surface area (Å²) in [7, 11) is 0. The molecule has 17 heavy (non-hydrogen) atoms. The zero-order valence-electron chi connectivity index (χ0n) is 9.52. The standard InChI is InChI=1S/C12H15ClF3N/c1-9-2-4-10(5-3-9)8-17-11(6-7-13)12(14,15)16/h2-5,11,17H,6-8H2,1H3. The van der Waals surface area contributed by atoms with Crippen molar-refractivity contribution in [2.75, 3.05) is 5.88 Å². The van der Waals surface area contributed by atoms with E-state index in [9.17, 15) is 13.2 Å². The molecule has 1 N–H and O–H groups in total. The minimum atomic E-state index is -4.25. The Morgan fingerprint density at radius 1 is 1.24 bits per heavy atom. The van der Waals surface area contributed by atoms with Gasteiger partial charge in [-0.15, -0.1) is 11.6 Å². The molecule has 1 rings (SSSR count). The van der Waals surface area contributed by atoms with Crippen LogP contribution in [0.25, 0.3) is 0 Å². The van der Waals surface area contributed by atoms with Gasteiger partial charge in [-0.1, -0.05) is 29.8 Å². The normalized spacial score (nSPS) is 13.7. The van der Waals surface area contributed by atoms with Gasteiger partial charge in [-0.3, -0.25) is 0 Å². The van der Waals surface area contributed by atoms with Crippen molar-refractivity contribution in [3.63, 3.8) is 0 Å². The number of benzene rings is 1. The molecule has 0 saturated heterocycles. The Morgan fingerprint density at radius 2 is 1.82 bits per heavy atom. The number of aryl methyl sites for hydroxylation is 1. The first-order valence-corrected chi connectivity index (χ1v) is 5.88. The maximum atomic E-state index is 12.6. The molecule has 0 saturated carbocycles. The van der Waals surface area contributed by atoms with E-state index in [0.717, 1.165) is 11.1 Å². The Kier molecular flexibility index (Phi) is 5.28. The van der Waals surface area contributed by atoms with Crippen molar-refractivity contribution in [3.05, 3.63) is 35.4 Å². The van der Waals surface area contributed by atoms with Crippen molar-refractivity contribution >= 4 is 11.6 Å². The van der Waals surface area contributed by atoms with Gasteiger partial charge in [-0.2, -0.15) is 13.2 Å². The van der Waals surface area contributed by atoms with Crippen molar-refractivity contribution in [1.82, 2.24) is 5.32 Å². The van der Waals surface area contributed by atoms with Crippen LogP contribution in [0.4, 0.5) is 13.2 Å². The van der Waals surface area contributed by atoms with E-state index < -0.39 is 12.2 Å². The second-order valence-electron chi connectivity index (χ2n) is 3.94. The van der Waals surface area contributed by atoms with Crippen LogP contribution in [0.3, 0.4) is 0 Å². The minimum absolute atomic E-state index is 0.00885. The third-order valence-electron chi connectivity index (χ3n) is 2.47. The third-order valence-corrected chi connectivity index (χ3v) is 2.68. The van der Waals surface area contributed by atoms with Gasteiger partial charge in [-0.25, -0.2) is 0 Å². The number of rotatable bonds is 5. The Balaban J connectivity index is 2.54. The van der Waals surface area contributed by atoms with E-state index in [1.54, 1.807) is 0 Å². The largest absolute Gasteiger partial charge is 0.403 e. The Morgan fingerprint density at radius 3 is 2.29 bits per heavy atom. The summed E-state index contributed by atoms with van der Waals surface area (Å²) < 4.78 is 37.7. The lowest BCUT2D eigenvalue weighted by Crippen LogP contribution is -2.42. The van der Waals surface area contributed by atoms with Crippen LogP contribution < -0.4 is 5.32 Å². The molecular formula is C12H15ClF3N. The molecule has 0 heterocycles. The van der Waals surface area contributed by atoms with E-state index in [1.165, 1.54) is 0 Å². The molecule has 1 nitrogen and oxygen atoms in total. The van der Waals surface area contributed by atoms with Gasteiger partial charge in [0.25, 0.3) is 0 Å². The Bertz CT molecular complexity index is 335. The summed E-state index contributed by atoms with van der Waals surface area (Å²) in [5.41, 5.74) is 1.92. The van der Waals surface area contributed by atoms with E-state index in [1.807, 2.05) is 31.2 Å². The lowest BCUT2D eigenvalue weighted by molar-refractivity contribution is -0.156. The van der Waals surface area contributed by atoms with Gasteiger partial charge in [0, 0.05) is 12.4 Å². The van der Waals surface area contributed by atoms with Crippen LogP contribution in [0.1, 0.15) is 17.5 Å². The summed E-state index contributed by atoms with van der Waals surface area (Å²) in [6, 6.07) is 5.84. The first kappa shape index (κ1) is 14.3. The van der Waals surface area contributed by atoms with Crippen molar-refractivity contribution in [2.24, 2.45) is 0 Å². The molecule has 0 bridgehead atoms. The Hall–Kier alpha value is -0.740. The molecule has 5 heteroatoms. The average molecular weight is 266 g/mol. The van der Waals surface area contributed by atoms with Crippen molar-refractivity contribution in [3.8, 4) is 0 Å². The fraction of sp³-hybridized carbons (Fsp3) is 0.500. The van der Waals surface area contributed by atoms with Gasteiger partial charge in [0.2, 0.25) is 0 Å². The molecule has 0 aliphatic heterocycles. The third kappa shape index (κ3) is 4.96. The average Bonchev–Trinajstić information content (AvgIpc) is 2.25. The molecule has 1 aromatic carbocycles. The molecule has 1 aromatic rings. The molecule has 0 amide bonds. The molecule has 0 aliphatic rings. The van der Waals surface area contributed by atoms with Crippen LogP contribution in [0, 0.1) is 6.92 Å². The molecule has 1 atom stereocenters. The zero-order chi connectivity index (χ0) is 12.9. The predicted molar refractivity (Wildman–Crippen MR) is 63.2 cm³/mol. The van der Waals surface area contributed by atoms with E-state index in [4.69, 9.17) is 11.6 Å². The van der Waals surface area contributed by atoms with Crippen LogP contribution in [0.2, 0.25) is 0 Å². The van der Waals surface area contributed by atoms with E-state index >= 15 is 0 Å². The predicted octanol–water partition coefficient (Wildman–Crippen LogP) is 3.64. The van der Waals surface area contributed by atoms with E-state index in [-0.39, 0.29) is 18.8 Å². The SMILES string of the molecule is Cc1ccc(CNC(CCCl)C(F)(F)F)cc1. The summed E-state index contributed by atoms with van der Waals surface area (Å²) in [6.07, 6.45) is -4.36. The lowest BCUT2D eigenvalue weighted by atomic mass is 10.1. The minimum Gasteiger partial charge on any atom is -0.302 e. The second-order valence-corrected chi connectivity index (χ2v) is 4.32. The number of hydrogen-bond acceptors (Lipinski definition) is 1.